The second-order valence-electron chi connectivity index (χ2n) is 3.32. The third-order valence-corrected chi connectivity index (χ3v) is 2.22. The summed E-state index contributed by atoms with van der Waals surface area (Å²) < 4.78 is 0. The molecule has 0 atom stereocenters. The number of hydrogen-bond donors (Lipinski definition) is 0. The SMILES string of the molecule is CCCC(CCC)c1ccnnn1. The Morgan fingerprint density at radius 2 is 1.92 bits per heavy atom. The molecule has 0 N–H and O–H groups in total. The number of nitrogens with zero attached hydrogens (tertiary/aromatic N) is 3. The first-order chi connectivity index (χ1) is 6.38. The van der Waals surface area contributed by atoms with E-state index in [9.17, 15) is 0 Å². The molecule has 0 aliphatic carbocycles. The highest BCUT2D eigenvalue weighted by atomic mass is 15.3. The van der Waals surface area contributed by atoms with Gasteiger partial charge in [-0.2, -0.15) is 0 Å². The van der Waals surface area contributed by atoms with Crippen LogP contribution in [0.5, 0.6) is 0 Å². The van der Waals surface area contributed by atoms with Crippen LogP contribution in [0.4, 0.5) is 0 Å². The van der Waals surface area contributed by atoms with E-state index >= 15 is 0 Å². The summed E-state index contributed by atoms with van der Waals surface area (Å²) in [5.74, 6) is 0.575. The van der Waals surface area contributed by atoms with E-state index < -0.39 is 0 Å². The maximum atomic E-state index is 4.06. The Labute approximate surface area is 79.6 Å². The van der Waals surface area contributed by atoms with Crippen molar-refractivity contribution in [1.29, 1.82) is 0 Å². The fourth-order valence-corrected chi connectivity index (χ4v) is 1.61. The molecule has 0 fully saturated rings. The van der Waals surface area contributed by atoms with Gasteiger partial charge < -0.3 is 0 Å². The molecule has 0 saturated carbocycles. The van der Waals surface area contributed by atoms with E-state index in [1.165, 1.54) is 25.7 Å². The largest absolute Gasteiger partial charge is 0.139 e. The van der Waals surface area contributed by atoms with E-state index in [1.807, 2.05) is 6.07 Å². The van der Waals surface area contributed by atoms with Gasteiger partial charge in [-0.3, -0.25) is 0 Å². The van der Waals surface area contributed by atoms with Crippen LogP contribution in [0, 0.1) is 0 Å². The molecule has 1 heterocycles. The van der Waals surface area contributed by atoms with Crippen molar-refractivity contribution in [1.82, 2.24) is 15.4 Å². The van der Waals surface area contributed by atoms with Gasteiger partial charge in [-0.15, -0.1) is 10.2 Å². The van der Waals surface area contributed by atoms with Crippen molar-refractivity contribution < 1.29 is 0 Å². The minimum Gasteiger partial charge on any atom is -0.139 e. The predicted molar refractivity (Wildman–Crippen MR) is 52.4 cm³/mol. The molecule has 0 unspecified atom stereocenters. The molecular weight excluding hydrogens is 162 g/mol. The fraction of sp³-hybridized carbons (Fsp3) is 0.700. The normalized spacial score (nSPS) is 10.7. The van der Waals surface area contributed by atoms with E-state index in [0.717, 1.165) is 5.69 Å². The quantitative estimate of drug-likeness (QED) is 0.697. The average Bonchev–Trinajstić information content (AvgIpc) is 2.19. The summed E-state index contributed by atoms with van der Waals surface area (Å²) in [6.45, 7) is 4.41. The molecule has 0 amide bonds. The van der Waals surface area contributed by atoms with Crippen LogP contribution in [0.25, 0.3) is 0 Å². The summed E-state index contributed by atoms with van der Waals surface area (Å²) in [7, 11) is 0. The van der Waals surface area contributed by atoms with E-state index in [0.29, 0.717) is 5.92 Å². The van der Waals surface area contributed by atoms with Crippen molar-refractivity contribution in [2.24, 2.45) is 0 Å². The van der Waals surface area contributed by atoms with Crippen molar-refractivity contribution in [2.45, 2.75) is 45.4 Å². The molecule has 72 valence electrons. The van der Waals surface area contributed by atoms with Gasteiger partial charge in [0.2, 0.25) is 0 Å². The molecule has 0 aliphatic heterocycles. The standard InChI is InChI=1S/C10H17N3/c1-3-5-9(6-4-2)10-7-8-11-13-12-10/h7-9H,3-6H2,1-2H3. The monoisotopic (exact) mass is 179 g/mol. The van der Waals surface area contributed by atoms with Crippen LogP contribution in [-0.2, 0) is 0 Å². The van der Waals surface area contributed by atoms with E-state index in [4.69, 9.17) is 0 Å². The molecular formula is C10H17N3. The minimum atomic E-state index is 0.575. The summed E-state index contributed by atoms with van der Waals surface area (Å²) >= 11 is 0. The number of rotatable bonds is 5. The van der Waals surface area contributed by atoms with Crippen molar-refractivity contribution in [3.8, 4) is 0 Å². The highest BCUT2D eigenvalue weighted by Gasteiger charge is 2.10. The Hall–Kier alpha value is -0.990. The van der Waals surface area contributed by atoms with Gasteiger partial charge in [0.15, 0.2) is 0 Å². The van der Waals surface area contributed by atoms with Gasteiger partial charge in [0.25, 0.3) is 0 Å². The molecule has 1 rings (SSSR count). The van der Waals surface area contributed by atoms with Crippen LogP contribution >= 0.6 is 0 Å². The van der Waals surface area contributed by atoms with Crippen molar-refractivity contribution >= 4 is 0 Å². The smallest absolute Gasteiger partial charge is 0.0695 e. The summed E-state index contributed by atoms with van der Waals surface area (Å²) in [5.41, 5.74) is 1.10. The third kappa shape index (κ3) is 3.09. The van der Waals surface area contributed by atoms with Crippen molar-refractivity contribution in [3.63, 3.8) is 0 Å². The third-order valence-electron chi connectivity index (χ3n) is 2.22. The van der Waals surface area contributed by atoms with E-state index in [1.54, 1.807) is 6.20 Å². The summed E-state index contributed by atoms with van der Waals surface area (Å²) in [5, 5.41) is 11.4. The molecule has 0 aliphatic rings. The number of aromatic nitrogens is 3. The molecule has 1 aromatic rings. The van der Waals surface area contributed by atoms with Gasteiger partial charge in [-0.1, -0.05) is 26.7 Å². The Morgan fingerprint density at radius 3 is 2.38 bits per heavy atom. The lowest BCUT2D eigenvalue weighted by Crippen LogP contribution is -2.03. The second-order valence-corrected chi connectivity index (χ2v) is 3.32. The first kappa shape index (κ1) is 10.1. The Kier molecular flexibility index (Phi) is 4.36. The minimum absolute atomic E-state index is 0.575. The highest BCUT2D eigenvalue weighted by molar-refractivity contribution is 5.03. The summed E-state index contributed by atoms with van der Waals surface area (Å²) in [4.78, 5) is 0. The average molecular weight is 179 g/mol. The zero-order valence-electron chi connectivity index (χ0n) is 8.40. The fourth-order valence-electron chi connectivity index (χ4n) is 1.61. The second kappa shape index (κ2) is 5.62. The van der Waals surface area contributed by atoms with Gasteiger partial charge >= 0.3 is 0 Å². The lowest BCUT2D eigenvalue weighted by molar-refractivity contribution is 0.537. The van der Waals surface area contributed by atoms with Gasteiger partial charge in [0, 0.05) is 5.92 Å². The highest BCUT2D eigenvalue weighted by Crippen LogP contribution is 2.23. The molecule has 0 spiro atoms. The maximum Gasteiger partial charge on any atom is 0.0695 e. The number of hydrogen-bond acceptors (Lipinski definition) is 3. The Bertz CT molecular complexity index is 217. The van der Waals surface area contributed by atoms with E-state index in [2.05, 4.69) is 29.3 Å². The molecule has 0 radical (unpaired) electrons. The van der Waals surface area contributed by atoms with Crippen molar-refractivity contribution in [2.75, 3.05) is 0 Å². The van der Waals surface area contributed by atoms with Crippen LogP contribution in [0.15, 0.2) is 12.3 Å². The molecule has 0 aromatic carbocycles. The zero-order valence-corrected chi connectivity index (χ0v) is 8.40. The predicted octanol–water partition coefficient (Wildman–Crippen LogP) is 2.56. The topological polar surface area (TPSA) is 38.7 Å². The molecule has 3 nitrogen and oxygen atoms in total. The first-order valence-corrected chi connectivity index (χ1v) is 5.02. The van der Waals surface area contributed by atoms with Gasteiger partial charge in [-0.05, 0) is 24.1 Å². The van der Waals surface area contributed by atoms with E-state index in [-0.39, 0.29) is 0 Å². The first-order valence-electron chi connectivity index (χ1n) is 5.02. The summed E-state index contributed by atoms with van der Waals surface area (Å²) in [6.07, 6.45) is 6.53. The molecule has 13 heavy (non-hydrogen) atoms. The van der Waals surface area contributed by atoms with Crippen LogP contribution < -0.4 is 0 Å². The van der Waals surface area contributed by atoms with Crippen molar-refractivity contribution in [3.05, 3.63) is 18.0 Å². The lowest BCUT2D eigenvalue weighted by atomic mass is 9.95. The molecule has 3 heteroatoms. The van der Waals surface area contributed by atoms with Crippen LogP contribution in [0.2, 0.25) is 0 Å². The van der Waals surface area contributed by atoms with Crippen LogP contribution in [0.3, 0.4) is 0 Å². The van der Waals surface area contributed by atoms with Gasteiger partial charge in [-0.25, -0.2) is 0 Å². The molecule has 0 saturated heterocycles. The van der Waals surface area contributed by atoms with Gasteiger partial charge in [0.05, 0.1) is 11.9 Å². The maximum absolute atomic E-state index is 4.06. The molecule has 1 aromatic heterocycles. The summed E-state index contributed by atoms with van der Waals surface area (Å²) in [6, 6.07) is 1.98. The van der Waals surface area contributed by atoms with Crippen LogP contribution in [0.1, 0.15) is 51.1 Å². The Balaban J connectivity index is 2.64. The van der Waals surface area contributed by atoms with Crippen LogP contribution in [-0.4, -0.2) is 15.4 Å². The Morgan fingerprint density at radius 1 is 1.23 bits per heavy atom. The van der Waals surface area contributed by atoms with Gasteiger partial charge in [0.1, 0.15) is 0 Å². The molecule has 0 bridgehead atoms. The zero-order chi connectivity index (χ0) is 9.52. The lowest BCUT2D eigenvalue weighted by Gasteiger charge is -2.12.